The highest BCUT2D eigenvalue weighted by Crippen LogP contribution is 2.32. The zero-order chi connectivity index (χ0) is 30.8. The molecule has 0 aliphatic rings. The van der Waals surface area contributed by atoms with Gasteiger partial charge in [0.15, 0.2) is 17.3 Å². The minimum absolute atomic E-state index is 0.00676. The van der Waals surface area contributed by atoms with Crippen LogP contribution in [0, 0.1) is 6.92 Å². The molecule has 1 amide bonds. The Balaban J connectivity index is 1.54. The molecular weight excluding hydrogens is 544 g/mol. The van der Waals surface area contributed by atoms with Gasteiger partial charge in [-0.1, -0.05) is 35.9 Å². The number of hydrogen-bond donors (Lipinski definition) is 1. The van der Waals surface area contributed by atoms with E-state index < -0.39 is 5.97 Å². The van der Waals surface area contributed by atoms with Crippen LogP contribution >= 0.6 is 0 Å². The van der Waals surface area contributed by atoms with Gasteiger partial charge in [0.25, 0.3) is 0 Å². The summed E-state index contributed by atoms with van der Waals surface area (Å²) in [5.41, 5.74) is 4.90. The van der Waals surface area contributed by atoms with Crippen molar-refractivity contribution in [3.8, 4) is 22.6 Å². The van der Waals surface area contributed by atoms with Crippen LogP contribution < -0.4 is 14.8 Å². The number of benzene rings is 3. The van der Waals surface area contributed by atoms with E-state index in [0.717, 1.165) is 27.6 Å². The summed E-state index contributed by atoms with van der Waals surface area (Å²) in [4.78, 5) is 42.3. The van der Waals surface area contributed by atoms with Gasteiger partial charge in [-0.15, -0.1) is 0 Å². The lowest BCUT2D eigenvalue weighted by Gasteiger charge is -2.13. The molecule has 43 heavy (non-hydrogen) atoms. The summed E-state index contributed by atoms with van der Waals surface area (Å²) in [5, 5.41) is 3.73. The molecule has 0 saturated carbocycles. The molecule has 0 aliphatic heterocycles. The average molecular weight is 581 g/mol. The third-order valence-electron chi connectivity index (χ3n) is 6.61. The summed E-state index contributed by atoms with van der Waals surface area (Å²) >= 11 is 0. The monoisotopic (exact) mass is 580 g/mol. The summed E-state index contributed by atoms with van der Waals surface area (Å²) in [6.07, 6.45) is 3.11. The van der Waals surface area contributed by atoms with Gasteiger partial charge in [0.05, 0.1) is 25.3 Å². The molecule has 0 spiro atoms. The van der Waals surface area contributed by atoms with Crippen LogP contribution in [0.3, 0.4) is 0 Å². The van der Waals surface area contributed by atoms with E-state index in [1.807, 2.05) is 69.3 Å². The summed E-state index contributed by atoms with van der Waals surface area (Å²) in [6.45, 7) is 8.75. The first kappa shape index (κ1) is 31.0. The minimum atomic E-state index is -0.409. The van der Waals surface area contributed by atoms with Crippen LogP contribution in [0.1, 0.15) is 55.1 Å². The van der Waals surface area contributed by atoms with Crippen molar-refractivity contribution in [1.82, 2.24) is 4.98 Å². The van der Waals surface area contributed by atoms with Crippen LogP contribution in [0.4, 0.5) is 5.82 Å². The van der Waals surface area contributed by atoms with E-state index in [-0.39, 0.29) is 24.5 Å². The number of aryl methyl sites for hydroxylation is 1. The van der Waals surface area contributed by atoms with Crippen LogP contribution in [0.2, 0.25) is 0 Å². The maximum atomic E-state index is 12.9. The largest absolute Gasteiger partial charge is 0.490 e. The van der Waals surface area contributed by atoms with Crippen LogP contribution in [0.15, 0.2) is 72.8 Å². The molecule has 8 nitrogen and oxygen atoms in total. The van der Waals surface area contributed by atoms with Crippen molar-refractivity contribution in [3.05, 3.63) is 89.5 Å². The first-order valence-corrected chi connectivity index (χ1v) is 14.4. The quantitative estimate of drug-likeness (QED) is 0.101. The van der Waals surface area contributed by atoms with E-state index in [2.05, 4.69) is 10.3 Å². The molecule has 0 bridgehead atoms. The van der Waals surface area contributed by atoms with E-state index in [9.17, 15) is 14.4 Å². The van der Waals surface area contributed by atoms with Crippen LogP contribution in [-0.4, -0.2) is 42.5 Å². The number of nitrogens with zero attached hydrogens (tertiary/aromatic N) is 1. The summed E-state index contributed by atoms with van der Waals surface area (Å²) < 4.78 is 16.2. The van der Waals surface area contributed by atoms with Crippen molar-refractivity contribution in [2.75, 3.05) is 25.1 Å². The van der Waals surface area contributed by atoms with E-state index in [4.69, 9.17) is 14.2 Å². The van der Waals surface area contributed by atoms with E-state index in [1.54, 1.807) is 31.2 Å². The topological polar surface area (TPSA) is 104 Å². The van der Waals surface area contributed by atoms with Gasteiger partial charge in [-0.3, -0.25) is 9.59 Å². The number of anilines is 1. The number of carbonyl (C=O) groups is 3. The highest BCUT2D eigenvalue weighted by atomic mass is 16.5. The zero-order valence-corrected chi connectivity index (χ0v) is 24.9. The second-order valence-corrected chi connectivity index (χ2v) is 9.78. The van der Waals surface area contributed by atoms with Crippen molar-refractivity contribution in [2.24, 2.45) is 0 Å². The Morgan fingerprint density at radius 2 is 1.56 bits per heavy atom. The van der Waals surface area contributed by atoms with Crippen molar-refractivity contribution in [2.45, 2.75) is 40.5 Å². The number of ether oxygens (including phenoxy) is 3. The van der Waals surface area contributed by atoms with Crippen molar-refractivity contribution >= 4 is 40.5 Å². The van der Waals surface area contributed by atoms with Crippen molar-refractivity contribution in [3.63, 3.8) is 0 Å². The van der Waals surface area contributed by atoms with Gasteiger partial charge >= 0.3 is 5.97 Å². The highest BCUT2D eigenvalue weighted by Gasteiger charge is 2.15. The number of aromatic nitrogens is 1. The third-order valence-corrected chi connectivity index (χ3v) is 6.61. The number of hydrogen-bond acceptors (Lipinski definition) is 7. The first-order chi connectivity index (χ1) is 20.8. The van der Waals surface area contributed by atoms with Gasteiger partial charge in [0.2, 0.25) is 5.91 Å². The Morgan fingerprint density at radius 3 is 2.28 bits per heavy atom. The van der Waals surface area contributed by atoms with Crippen LogP contribution in [0.5, 0.6) is 11.5 Å². The lowest BCUT2D eigenvalue weighted by molar-refractivity contribution is -0.137. The van der Waals surface area contributed by atoms with Crippen molar-refractivity contribution < 1.29 is 28.6 Å². The summed E-state index contributed by atoms with van der Waals surface area (Å²) in [6, 6.07) is 20.6. The molecule has 222 valence electrons. The molecule has 0 radical (unpaired) electrons. The molecular formula is C35H36N2O6. The van der Waals surface area contributed by atoms with Crippen LogP contribution in [-0.2, 0) is 14.3 Å². The zero-order valence-electron chi connectivity index (χ0n) is 24.9. The fourth-order valence-electron chi connectivity index (χ4n) is 4.54. The Hall–Kier alpha value is -4.98. The molecule has 4 aromatic rings. The predicted molar refractivity (Wildman–Crippen MR) is 169 cm³/mol. The fraction of sp³-hybridized carbons (Fsp3) is 0.257. The van der Waals surface area contributed by atoms with Gasteiger partial charge in [0.1, 0.15) is 5.82 Å². The second kappa shape index (κ2) is 14.8. The van der Waals surface area contributed by atoms with E-state index >= 15 is 0 Å². The van der Waals surface area contributed by atoms with E-state index in [1.165, 1.54) is 6.08 Å². The lowest BCUT2D eigenvalue weighted by atomic mass is 9.98. The number of amides is 1. The SMILES string of the molecule is CCOC(=O)C=Cc1ccc2nc(NC(=O)CCC(=O)c3ccc(OCC)c(OCC)c3)cc(-c3ccc(C)cc3)c2c1. The number of carbonyl (C=O) groups excluding carboxylic acids is 3. The molecule has 3 aromatic carbocycles. The van der Waals surface area contributed by atoms with Gasteiger partial charge in [0, 0.05) is 29.9 Å². The Bertz CT molecular complexity index is 1640. The number of nitrogens with one attached hydrogen (secondary N) is 1. The number of esters is 1. The maximum absolute atomic E-state index is 12.9. The predicted octanol–water partition coefficient (Wildman–Crippen LogP) is 7.19. The molecule has 1 N–H and O–H groups in total. The Kier molecular flexibility index (Phi) is 10.6. The highest BCUT2D eigenvalue weighted by molar-refractivity contribution is 6.02. The smallest absolute Gasteiger partial charge is 0.330 e. The summed E-state index contributed by atoms with van der Waals surface area (Å²) in [5.74, 6) is 0.563. The van der Waals surface area contributed by atoms with Gasteiger partial charge < -0.3 is 19.5 Å². The number of Topliss-reactive ketones (excluding diaryl/α,β-unsaturated/α-hetero) is 1. The molecule has 4 rings (SSSR count). The van der Waals surface area contributed by atoms with E-state index in [0.29, 0.717) is 48.2 Å². The van der Waals surface area contributed by atoms with Crippen LogP contribution in [0.25, 0.3) is 28.1 Å². The number of pyridine rings is 1. The number of rotatable bonds is 13. The fourth-order valence-corrected chi connectivity index (χ4v) is 4.54. The van der Waals surface area contributed by atoms with Gasteiger partial charge in [-0.25, -0.2) is 9.78 Å². The lowest BCUT2D eigenvalue weighted by Crippen LogP contribution is -2.14. The Morgan fingerprint density at radius 1 is 0.814 bits per heavy atom. The molecule has 0 aliphatic carbocycles. The first-order valence-electron chi connectivity index (χ1n) is 14.4. The number of fused-ring (bicyclic) bond motifs is 1. The Labute approximate surface area is 251 Å². The third kappa shape index (κ3) is 8.29. The molecule has 0 saturated heterocycles. The molecule has 0 unspecified atom stereocenters. The molecule has 1 aromatic heterocycles. The maximum Gasteiger partial charge on any atom is 0.330 e. The molecule has 0 fully saturated rings. The number of ketones is 1. The normalized spacial score (nSPS) is 11.0. The average Bonchev–Trinajstić information content (AvgIpc) is 3.00. The van der Waals surface area contributed by atoms with Crippen molar-refractivity contribution in [1.29, 1.82) is 0 Å². The minimum Gasteiger partial charge on any atom is -0.490 e. The van der Waals surface area contributed by atoms with Gasteiger partial charge in [-0.05, 0) is 86.9 Å². The molecule has 8 heteroatoms. The second-order valence-electron chi connectivity index (χ2n) is 9.78. The summed E-state index contributed by atoms with van der Waals surface area (Å²) in [7, 11) is 0. The van der Waals surface area contributed by atoms with Gasteiger partial charge in [-0.2, -0.15) is 0 Å². The molecule has 0 atom stereocenters. The standard InChI is InChI=1S/C35H36N2O6/c1-5-41-31-17-14-26(21-32(31)42-6-2)30(38)16-18-34(39)37-33-22-27(25-12-8-23(4)9-13-25)28-20-24(10-15-29(28)36-33)11-19-35(40)43-7-3/h8-15,17,19-22H,5-7,16,18H2,1-4H3,(H,36,37,39). The molecule has 1 heterocycles.